The minimum absolute atomic E-state index is 0.0536. The first-order valence-corrected chi connectivity index (χ1v) is 12.6. The average Bonchev–Trinajstić information content (AvgIpc) is 3.55. The number of carbonyl (C=O) groups excluding carboxylic acids is 1. The Morgan fingerprint density at radius 1 is 1.13 bits per heavy atom. The van der Waals surface area contributed by atoms with E-state index >= 15 is 4.39 Å². The molecule has 38 heavy (non-hydrogen) atoms. The fourth-order valence-corrected chi connectivity index (χ4v) is 5.86. The predicted octanol–water partition coefficient (Wildman–Crippen LogP) is 6.78. The van der Waals surface area contributed by atoms with Crippen molar-refractivity contribution in [2.24, 2.45) is 11.1 Å². The van der Waals surface area contributed by atoms with Crippen molar-refractivity contribution in [2.45, 2.75) is 49.6 Å². The maximum absolute atomic E-state index is 15.7. The number of hydrogen-bond acceptors (Lipinski definition) is 4. The van der Waals surface area contributed by atoms with Crippen LogP contribution in [0.2, 0.25) is 10.0 Å². The van der Waals surface area contributed by atoms with E-state index < -0.39 is 45.3 Å². The van der Waals surface area contributed by atoms with Crippen molar-refractivity contribution in [3.8, 4) is 6.07 Å². The largest absolute Gasteiger partial charge is 0.435 e. The first kappa shape index (κ1) is 26.7. The Bertz CT molecular complexity index is 1350. The summed E-state index contributed by atoms with van der Waals surface area (Å²) in [5.74, 6) is -1.26. The van der Waals surface area contributed by atoms with E-state index in [1.807, 2.05) is 6.07 Å². The number of hydrogen-bond donors (Lipinski definition) is 0. The summed E-state index contributed by atoms with van der Waals surface area (Å²) in [7, 11) is 0. The van der Waals surface area contributed by atoms with Crippen LogP contribution in [0.5, 0.6) is 0 Å². The lowest BCUT2D eigenvalue weighted by Gasteiger charge is -2.46. The highest BCUT2D eigenvalue weighted by Gasteiger charge is 2.62. The van der Waals surface area contributed by atoms with Crippen molar-refractivity contribution in [3.63, 3.8) is 0 Å². The molecule has 1 saturated carbocycles. The zero-order chi connectivity index (χ0) is 27.5. The van der Waals surface area contributed by atoms with Crippen LogP contribution in [0.4, 0.5) is 22.0 Å². The average molecular weight is 572 g/mol. The molecule has 2 aromatic carbocycles. The van der Waals surface area contributed by atoms with Gasteiger partial charge in [0.2, 0.25) is 5.91 Å². The van der Waals surface area contributed by atoms with E-state index in [0.29, 0.717) is 0 Å². The summed E-state index contributed by atoms with van der Waals surface area (Å²) in [5, 5.41) is 12.1. The van der Waals surface area contributed by atoms with Crippen LogP contribution in [0.3, 0.4) is 0 Å². The summed E-state index contributed by atoms with van der Waals surface area (Å²) in [6.45, 7) is -0.382. The van der Waals surface area contributed by atoms with E-state index in [0.717, 1.165) is 37.8 Å². The molecule has 0 spiro atoms. The number of benzene rings is 2. The highest BCUT2D eigenvalue weighted by atomic mass is 35.5. The highest BCUT2D eigenvalue weighted by molar-refractivity contribution is 6.35. The summed E-state index contributed by atoms with van der Waals surface area (Å²) >= 11 is 11.5. The fraction of sp³-hybridized carbons (Fsp3) is 0.423. The monoisotopic (exact) mass is 571 g/mol. The molecule has 1 unspecified atom stereocenters. The van der Waals surface area contributed by atoms with Crippen molar-refractivity contribution in [3.05, 3.63) is 68.4 Å². The van der Waals surface area contributed by atoms with Crippen molar-refractivity contribution < 1.29 is 31.6 Å². The highest BCUT2D eigenvalue weighted by Crippen LogP contribution is 2.50. The quantitative estimate of drug-likeness (QED) is 0.300. The number of halogens is 7. The van der Waals surface area contributed by atoms with Crippen molar-refractivity contribution in [1.29, 1.82) is 5.26 Å². The third kappa shape index (κ3) is 4.30. The number of carbonyl (C=O) groups is 1. The SMILES string of the molecule is N#Cc1cc(C2=NOC(c3cc(Cl)c(F)c(Cl)c3)(C(F)(F)F)C2)ccc1C1(F)CN(C(=O)C2CCCC2)C1. The lowest BCUT2D eigenvalue weighted by molar-refractivity contribution is -0.275. The van der Waals surface area contributed by atoms with E-state index in [9.17, 15) is 27.6 Å². The van der Waals surface area contributed by atoms with Gasteiger partial charge < -0.3 is 9.74 Å². The lowest BCUT2D eigenvalue weighted by atomic mass is 9.82. The third-order valence-corrected chi connectivity index (χ3v) is 8.04. The molecule has 12 heteroatoms. The van der Waals surface area contributed by atoms with Crippen molar-refractivity contribution >= 4 is 34.8 Å². The molecule has 3 aliphatic rings. The van der Waals surface area contributed by atoms with Gasteiger partial charge in [0.25, 0.3) is 5.60 Å². The number of amides is 1. The smallest absolute Gasteiger partial charge is 0.374 e. The molecule has 0 aromatic heterocycles. The molecule has 1 amide bonds. The number of nitriles is 1. The van der Waals surface area contributed by atoms with Gasteiger partial charge >= 0.3 is 6.18 Å². The molecule has 5 rings (SSSR count). The molecule has 0 radical (unpaired) electrons. The minimum Gasteiger partial charge on any atom is -0.374 e. The molecular weight excluding hydrogens is 552 g/mol. The van der Waals surface area contributed by atoms with Crippen LogP contribution < -0.4 is 0 Å². The topological polar surface area (TPSA) is 65.7 Å². The molecule has 1 aliphatic carbocycles. The standard InChI is InChI=1S/C26H20Cl2F5N3O2/c27-19-8-17(9-20(28)22(19)29)25(26(31,32)33)10-21(35-38-25)15-5-6-18(16(7-15)11-34)24(30)12-36(13-24)23(37)14-3-1-2-4-14/h5-9,14H,1-4,10,12-13H2. The second-order valence-electron chi connectivity index (χ2n) is 9.90. The molecular formula is C26H20Cl2F5N3O2. The van der Waals surface area contributed by atoms with Gasteiger partial charge in [0.05, 0.1) is 40.5 Å². The van der Waals surface area contributed by atoms with Crippen LogP contribution >= 0.6 is 23.2 Å². The molecule has 2 heterocycles. The number of nitrogens with zero attached hydrogens (tertiary/aromatic N) is 3. The summed E-state index contributed by atoms with van der Waals surface area (Å²) in [6.07, 6.45) is -2.31. The lowest BCUT2D eigenvalue weighted by Crippen LogP contribution is -2.60. The molecule has 2 aliphatic heterocycles. The van der Waals surface area contributed by atoms with Gasteiger partial charge in [-0.2, -0.15) is 18.4 Å². The zero-order valence-corrected chi connectivity index (χ0v) is 21.2. The normalized spacial score (nSPS) is 23.0. The van der Waals surface area contributed by atoms with Crippen LogP contribution in [0.25, 0.3) is 0 Å². The Hall–Kier alpha value is -2.90. The van der Waals surface area contributed by atoms with Crippen LogP contribution in [0.1, 0.15) is 54.4 Å². The number of rotatable bonds is 4. The van der Waals surface area contributed by atoms with Gasteiger partial charge in [0.15, 0.2) is 11.5 Å². The summed E-state index contributed by atoms with van der Waals surface area (Å²) in [4.78, 5) is 18.9. The van der Waals surface area contributed by atoms with E-state index in [1.165, 1.54) is 23.1 Å². The van der Waals surface area contributed by atoms with E-state index in [-0.39, 0.29) is 47.3 Å². The van der Waals surface area contributed by atoms with Gasteiger partial charge in [-0.3, -0.25) is 4.79 Å². The van der Waals surface area contributed by atoms with Crippen LogP contribution in [-0.2, 0) is 20.9 Å². The molecule has 200 valence electrons. The molecule has 0 bridgehead atoms. The van der Waals surface area contributed by atoms with Gasteiger partial charge in [-0.15, -0.1) is 0 Å². The second kappa shape index (κ2) is 9.38. The van der Waals surface area contributed by atoms with Gasteiger partial charge in [0, 0.05) is 29.0 Å². The predicted molar refractivity (Wildman–Crippen MR) is 129 cm³/mol. The molecule has 0 N–H and O–H groups in total. The first-order valence-electron chi connectivity index (χ1n) is 11.9. The van der Waals surface area contributed by atoms with Crippen molar-refractivity contribution in [1.82, 2.24) is 4.90 Å². The number of oxime groups is 1. The second-order valence-corrected chi connectivity index (χ2v) is 10.7. The van der Waals surface area contributed by atoms with E-state index in [2.05, 4.69) is 5.16 Å². The molecule has 1 saturated heterocycles. The molecule has 1 atom stereocenters. The van der Waals surface area contributed by atoms with Crippen LogP contribution in [0.15, 0.2) is 35.5 Å². The molecule has 2 aromatic rings. The maximum atomic E-state index is 15.7. The van der Waals surface area contributed by atoms with Gasteiger partial charge in [0.1, 0.15) is 0 Å². The molecule has 2 fully saturated rings. The summed E-state index contributed by atoms with van der Waals surface area (Å²) in [6, 6.07) is 7.39. The first-order chi connectivity index (χ1) is 17.9. The van der Waals surface area contributed by atoms with Gasteiger partial charge in [-0.25, -0.2) is 8.78 Å². The van der Waals surface area contributed by atoms with Gasteiger partial charge in [-0.1, -0.05) is 53.3 Å². The Morgan fingerprint density at radius 2 is 1.76 bits per heavy atom. The Kier molecular flexibility index (Phi) is 6.59. The third-order valence-electron chi connectivity index (χ3n) is 7.49. The Labute approximate surface area is 224 Å². The van der Waals surface area contributed by atoms with E-state index in [1.54, 1.807) is 0 Å². The maximum Gasteiger partial charge on any atom is 0.435 e. The van der Waals surface area contributed by atoms with Crippen LogP contribution in [-0.4, -0.2) is 35.8 Å². The Morgan fingerprint density at radius 3 is 2.34 bits per heavy atom. The summed E-state index contributed by atoms with van der Waals surface area (Å²) < 4.78 is 72.4. The zero-order valence-electron chi connectivity index (χ0n) is 19.7. The van der Waals surface area contributed by atoms with Crippen LogP contribution in [0, 0.1) is 23.1 Å². The van der Waals surface area contributed by atoms with Gasteiger partial charge in [-0.05, 0) is 31.0 Å². The van der Waals surface area contributed by atoms with E-state index in [4.69, 9.17) is 28.0 Å². The minimum atomic E-state index is -5.00. The number of alkyl halides is 4. The molecule has 5 nitrogen and oxygen atoms in total. The summed E-state index contributed by atoms with van der Waals surface area (Å²) in [5.41, 5.74) is -5.54. The number of likely N-dealkylation sites (tertiary alicyclic amines) is 1. The Balaban J connectivity index is 1.40. The van der Waals surface area contributed by atoms with Crippen molar-refractivity contribution in [2.75, 3.05) is 13.1 Å². The fourth-order valence-electron chi connectivity index (χ4n) is 5.37.